The molecule has 0 nitrogen and oxygen atoms in total. The second kappa shape index (κ2) is 16.0. The van der Waals surface area contributed by atoms with Gasteiger partial charge in [-0.3, -0.25) is 0 Å². The molecule has 0 saturated heterocycles. The third-order valence-corrected chi connectivity index (χ3v) is 22.2. The van der Waals surface area contributed by atoms with Crippen molar-refractivity contribution in [3.8, 4) is 33.4 Å². The number of hydrogen-bond acceptors (Lipinski definition) is 0. The fourth-order valence-electron chi connectivity index (χ4n) is 11.6. The number of hydrogen-bond donors (Lipinski definition) is 0. The fourth-order valence-corrected chi connectivity index (χ4v) is 17.9. The van der Waals surface area contributed by atoms with Crippen LogP contribution in [-0.4, -0.2) is 8.07 Å². The third kappa shape index (κ3) is 6.35. The van der Waals surface area contributed by atoms with Gasteiger partial charge in [0.2, 0.25) is 0 Å². The highest BCUT2D eigenvalue weighted by Gasteiger charge is 2.51. The van der Waals surface area contributed by atoms with Gasteiger partial charge in [-0.25, -0.2) is 0 Å². The smallest absolute Gasteiger partial charge is 0.0636 e. The van der Waals surface area contributed by atoms with E-state index in [2.05, 4.69) is 204 Å². The van der Waals surface area contributed by atoms with Crippen LogP contribution < -0.4 is 15.6 Å². The summed E-state index contributed by atoms with van der Waals surface area (Å²) in [5.41, 5.74) is 33.7. The Morgan fingerprint density at radius 3 is 0.754 bits per heavy atom. The van der Waals surface area contributed by atoms with Crippen molar-refractivity contribution in [2.45, 2.75) is 132 Å². The van der Waals surface area contributed by atoms with Gasteiger partial charge in [-0.15, -0.1) is 0 Å². The topological polar surface area (TPSA) is 0 Å². The van der Waals surface area contributed by atoms with Gasteiger partial charge < -0.3 is 0 Å². The Kier molecular flexibility index (Phi) is 11.6. The first-order valence-electron chi connectivity index (χ1n) is 22.6. The molecule has 1 aliphatic carbocycles. The lowest BCUT2D eigenvalue weighted by Crippen LogP contribution is -2.71. The molecule has 0 radical (unpaired) electrons. The van der Waals surface area contributed by atoms with E-state index < -0.39 is 8.07 Å². The normalized spacial score (nSPS) is 14.5. The molecule has 0 N–H and O–H groups in total. The second-order valence-electron chi connectivity index (χ2n) is 19.0. The van der Waals surface area contributed by atoms with Crippen molar-refractivity contribution in [2.75, 3.05) is 0 Å². The van der Waals surface area contributed by atoms with Crippen LogP contribution in [0.4, 0.5) is 0 Å². The summed E-state index contributed by atoms with van der Waals surface area (Å²) in [6.07, 6.45) is 0. The van der Waals surface area contributed by atoms with Crippen LogP contribution in [0.15, 0.2) is 94.7 Å². The van der Waals surface area contributed by atoms with Crippen LogP contribution in [0.2, 0.25) is 0 Å². The van der Waals surface area contributed by atoms with Crippen molar-refractivity contribution in [1.82, 2.24) is 0 Å². The fraction of sp³-hybridized carbons (Fsp3) is 0.333. The molecule has 1 aliphatic rings. The molecule has 7 rings (SSSR count). The third-order valence-electron chi connectivity index (χ3n) is 16.8. The summed E-state index contributed by atoms with van der Waals surface area (Å²) < 4.78 is 0. The Morgan fingerprint density at radius 1 is 0.295 bits per heavy atom. The van der Waals surface area contributed by atoms with E-state index in [4.69, 9.17) is 0 Å². The van der Waals surface area contributed by atoms with Gasteiger partial charge in [0, 0.05) is 0 Å². The molecule has 0 aliphatic heterocycles. The molecule has 0 spiro atoms. The van der Waals surface area contributed by atoms with E-state index >= 15 is 0 Å². The van der Waals surface area contributed by atoms with Gasteiger partial charge in [0.1, 0.15) is 0 Å². The monoisotopic (exact) mass is 819 g/mol. The van der Waals surface area contributed by atoms with Gasteiger partial charge in [0.25, 0.3) is 0 Å². The number of allylic oxidation sites excluding steroid dienone is 4. The molecule has 1 atom stereocenters. The summed E-state index contributed by atoms with van der Waals surface area (Å²) >= 11 is 0. The zero-order valence-electron chi connectivity index (χ0n) is 41.0. The summed E-state index contributed by atoms with van der Waals surface area (Å²) in [4.78, 5) is 0. The summed E-state index contributed by atoms with van der Waals surface area (Å²) in [6.45, 7) is 45.0. The van der Waals surface area contributed by atoms with E-state index in [1.807, 2.05) is 0 Å². The Labute approximate surface area is 370 Å². The lowest BCUT2D eigenvalue weighted by atomic mass is 9.86. The average molecular weight is 819 g/mol. The van der Waals surface area contributed by atoms with Crippen LogP contribution in [-0.2, 0) is 0 Å². The molecular weight excluding hydrogens is 749 g/mol. The van der Waals surface area contributed by atoms with Crippen LogP contribution in [0.1, 0.15) is 111 Å². The minimum absolute atomic E-state index is 0.261. The summed E-state index contributed by atoms with van der Waals surface area (Å²) in [7, 11) is -3.33. The van der Waals surface area contributed by atoms with Gasteiger partial charge in [-0.05, 0) is 269 Å². The quantitative estimate of drug-likeness (QED) is 0.111. The SMILES string of the molecule is CC1=C(C)C(C)C([Si](c2ccccc2-c2c(C)c(C)c(C)c(C)c2C)(c2ccccc2-c2c(C)c(C)c(C)c(C)c2C)c2ccccc2-c2c(C)c(C)c(C)c(C)c2C)=C1C. The Balaban J connectivity index is 1.85. The van der Waals surface area contributed by atoms with E-state index in [0.29, 0.717) is 0 Å². The Bertz CT molecular complexity index is 2520. The molecule has 1 unspecified atom stereocenters. The van der Waals surface area contributed by atoms with E-state index in [9.17, 15) is 0 Å². The molecule has 6 aromatic carbocycles. The van der Waals surface area contributed by atoms with Crippen molar-refractivity contribution >= 4 is 23.6 Å². The molecular formula is C60H70Si. The molecule has 6 aromatic rings. The van der Waals surface area contributed by atoms with Crippen LogP contribution in [0.25, 0.3) is 33.4 Å². The minimum Gasteiger partial charge on any atom is -0.0636 e. The van der Waals surface area contributed by atoms with Gasteiger partial charge in [-0.2, -0.15) is 0 Å². The summed E-state index contributed by atoms with van der Waals surface area (Å²) in [5.74, 6) is 0.261. The maximum Gasteiger partial charge on any atom is 0.178 e. The molecule has 0 amide bonds. The molecule has 0 aromatic heterocycles. The van der Waals surface area contributed by atoms with Crippen LogP contribution >= 0.6 is 0 Å². The van der Waals surface area contributed by atoms with Crippen molar-refractivity contribution in [1.29, 1.82) is 0 Å². The molecule has 61 heavy (non-hydrogen) atoms. The first kappa shape index (κ1) is 44.1. The highest BCUT2D eigenvalue weighted by Crippen LogP contribution is 2.46. The molecule has 0 heterocycles. The minimum atomic E-state index is -3.33. The molecule has 0 fully saturated rings. The van der Waals surface area contributed by atoms with Gasteiger partial charge in [0.05, 0.1) is 0 Å². The van der Waals surface area contributed by atoms with Gasteiger partial charge >= 0.3 is 0 Å². The standard InChI is InChI=1S/C60H70Si/c1-32-35(4)43(12)57(44(13)36(32)5)51-26-20-23-29-54(51)61(60-49(18)41(10)42(11)50(60)19,55-30-24-21-27-52(55)58-45(14)37(6)33(2)38(7)46(58)15)56-31-25-22-28-53(56)59-47(16)39(8)34(3)40(9)48(59)17/h20-31,49H,1-19H3. The van der Waals surface area contributed by atoms with Crippen molar-refractivity contribution < 1.29 is 0 Å². The number of rotatable bonds is 7. The second-order valence-corrected chi connectivity index (χ2v) is 22.6. The van der Waals surface area contributed by atoms with Crippen LogP contribution in [0, 0.1) is 110 Å². The maximum absolute atomic E-state index is 3.33. The highest BCUT2D eigenvalue weighted by atomic mass is 28.3. The first-order valence-corrected chi connectivity index (χ1v) is 24.6. The summed E-state index contributed by atoms with van der Waals surface area (Å²) in [6, 6.07) is 29.0. The van der Waals surface area contributed by atoms with E-state index in [-0.39, 0.29) is 5.92 Å². The lowest BCUT2D eigenvalue weighted by molar-refractivity contribution is 0.851. The Morgan fingerprint density at radius 2 is 0.525 bits per heavy atom. The van der Waals surface area contributed by atoms with Crippen molar-refractivity contribution in [3.63, 3.8) is 0 Å². The van der Waals surface area contributed by atoms with Gasteiger partial charge in [0.15, 0.2) is 8.07 Å². The maximum atomic E-state index is 2.56. The zero-order valence-corrected chi connectivity index (χ0v) is 42.0. The molecule has 0 saturated carbocycles. The lowest BCUT2D eigenvalue weighted by Gasteiger charge is -2.43. The predicted octanol–water partition coefficient (Wildman–Crippen LogP) is 14.6. The number of benzene rings is 6. The molecule has 1 heteroatoms. The predicted molar refractivity (Wildman–Crippen MR) is 272 cm³/mol. The van der Waals surface area contributed by atoms with Crippen molar-refractivity contribution in [2.24, 2.45) is 5.92 Å². The average Bonchev–Trinajstić information content (AvgIpc) is 3.45. The largest absolute Gasteiger partial charge is 0.178 e. The highest BCUT2D eigenvalue weighted by molar-refractivity contribution is 7.18. The van der Waals surface area contributed by atoms with Crippen molar-refractivity contribution in [3.05, 3.63) is 178 Å². The first-order chi connectivity index (χ1) is 28.7. The van der Waals surface area contributed by atoms with E-state index in [1.165, 1.54) is 149 Å². The van der Waals surface area contributed by atoms with E-state index in [1.54, 1.807) is 5.20 Å². The van der Waals surface area contributed by atoms with Crippen LogP contribution in [0.5, 0.6) is 0 Å². The summed E-state index contributed by atoms with van der Waals surface area (Å²) in [5, 5.41) is 6.08. The molecule has 0 bridgehead atoms. The molecule has 314 valence electrons. The Hall–Kier alpha value is -4.98. The van der Waals surface area contributed by atoms with Gasteiger partial charge in [-0.1, -0.05) is 96.1 Å². The van der Waals surface area contributed by atoms with Crippen LogP contribution in [0.3, 0.4) is 0 Å². The zero-order chi connectivity index (χ0) is 44.7. The van der Waals surface area contributed by atoms with E-state index in [0.717, 1.165) is 0 Å².